The standard InChI is InChI=1S/C15H13N3O2S/c1-20-12-6-4-10(5-7-12)18-8-2-3-11(18)9-13-14(19)17-15(21)16-13/h2-9H,1H3,(H2,16,17,19,21)/b13-9+. The first-order chi connectivity index (χ1) is 10.2. The van der Waals surface area contributed by atoms with E-state index in [9.17, 15) is 4.79 Å². The molecule has 0 bridgehead atoms. The van der Waals surface area contributed by atoms with Gasteiger partial charge in [-0.25, -0.2) is 0 Å². The summed E-state index contributed by atoms with van der Waals surface area (Å²) in [6, 6.07) is 11.5. The second kappa shape index (κ2) is 5.41. The number of carbonyl (C=O) groups is 1. The Morgan fingerprint density at radius 3 is 2.57 bits per heavy atom. The topological polar surface area (TPSA) is 55.3 Å². The van der Waals surface area contributed by atoms with Gasteiger partial charge >= 0.3 is 0 Å². The Balaban J connectivity index is 1.95. The molecule has 21 heavy (non-hydrogen) atoms. The smallest absolute Gasteiger partial charge is 0.273 e. The largest absolute Gasteiger partial charge is 0.497 e. The minimum Gasteiger partial charge on any atom is -0.497 e. The molecule has 1 amide bonds. The number of hydrogen-bond donors (Lipinski definition) is 2. The van der Waals surface area contributed by atoms with E-state index < -0.39 is 0 Å². The number of amides is 1. The van der Waals surface area contributed by atoms with Crippen LogP contribution in [0.1, 0.15) is 5.69 Å². The molecule has 0 aliphatic carbocycles. The summed E-state index contributed by atoms with van der Waals surface area (Å²) in [5, 5.41) is 5.71. The predicted octanol–water partition coefficient (Wildman–Crippen LogP) is 1.83. The quantitative estimate of drug-likeness (QED) is 0.671. The van der Waals surface area contributed by atoms with Crippen LogP contribution in [0.4, 0.5) is 0 Å². The molecule has 1 aliphatic rings. The minimum absolute atomic E-state index is 0.220. The highest BCUT2D eigenvalue weighted by Crippen LogP contribution is 2.19. The van der Waals surface area contributed by atoms with Gasteiger partial charge in [-0.15, -0.1) is 0 Å². The average molecular weight is 299 g/mol. The van der Waals surface area contributed by atoms with Crippen LogP contribution in [-0.2, 0) is 4.79 Å². The Kier molecular flexibility index (Phi) is 3.45. The van der Waals surface area contributed by atoms with Crippen molar-refractivity contribution in [2.45, 2.75) is 0 Å². The second-order valence-corrected chi connectivity index (χ2v) is 4.88. The highest BCUT2D eigenvalue weighted by Gasteiger charge is 2.20. The third kappa shape index (κ3) is 2.66. The molecule has 2 N–H and O–H groups in total. The van der Waals surface area contributed by atoms with Gasteiger partial charge in [0.1, 0.15) is 11.4 Å². The Morgan fingerprint density at radius 2 is 1.95 bits per heavy atom. The molecule has 6 heteroatoms. The molecule has 0 radical (unpaired) electrons. The fourth-order valence-electron chi connectivity index (χ4n) is 2.12. The van der Waals surface area contributed by atoms with Crippen LogP contribution in [-0.4, -0.2) is 22.7 Å². The molecule has 1 aromatic heterocycles. The predicted molar refractivity (Wildman–Crippen MR) is 84.2 cm³/mol. The number of benzene rings is 1. The number of carbonyl (C=O) groups excluding carboxylic acids is 1. The number of hydrogen-bond acceptors (Lipinski definition) is 3. The molecule has 0 atom stereocenters. The van der Waals surface area contributed by atoms with Gasteiger partial charge in [-0.2, -0.15) is 0 Å². The van der Waals surface area contributed by atoms with E-state index in [2.05, 4.69) is 10.6 Å². The van der Waals surface area contributed by atoms with E-state index in [1.165, 1.54) is 0 Å². The number of nitrogens with one attached hydrogen (secondary N) is 2. The number of thiocarbonyl (C=S) groups is 1. The number of rotatable bonds is 3. The molecular formula is C15H13N3O2S. The van der Waals surface area contributed by atoms with Gasteiger partial charge < -0.3 is 14.6 Å². The minimum atomic E-state index is -0.220. The summed E-state index contributed by atoms with van der Waals surface area (Å²) >= 11 is 4.92. The molecule has 106 valence electrons. The maximum Gasteiger partial charge on any atom is 0.273 e. The summed E-state index contributed by atoms with van der Waals surface area (Å²) in [7, 11) is 1.63. The molecule has 1 aliphatic heterocycles. The van der Waals surface area contributed by atoms with Crippen LogP contribution in [0.15, 0.2) is 48.3 Å². The van der Waals surface area contributed by atoms with Gasteiger partial charge in [0.25, 0.3) is 5.91 Å². The number of ether oxygens (including phenoxy) is 1. The van der Waals surface area contributed by atoms with Crippen molar-refractivity contribution in [3.8, 4) is 11.4 Å². The zero-order valence-electron chi connectivity index (χ0n) is 11.3. The van der Waals surface area contributed by atoms with Crippen LogP contribution in [0.2, 0.25) is 0 Å². The first kappa shape index (κ1) is 13.4. The molecule has 2 aromatic rings. The van der Waals surface area contributed by atoms with Crippen LogP contribution in [0.25, 0.3) is 11.8 Å². The molecule has 3 rings (SSSR count). The van der Waals surface area contributed by atoms with Crippen molar-refractivity contribution in [2.24, 2.45) is 0 Å². The van der Waals surface area contributed by atoms with E-state index >= 15 is 0 Å². The third-order valence-electron chi connectivity index (χ3n) is 3.14. The molecular weight excluding hydrogens is 286 g/mol. The SMILES string of the molecule is COc1ccc(-n2cccc2/C=C2/NC(=S)NC2=O)cc1. The molecule has 0 saturated carbocycles. The van der Waals surface area contributed by atoms with Gasteiger partial charge in [0.15, 0.2) is 5.11 Å². The maximum atomic E-state index is 11.7. The monoisotopic (exact) mass is 299 g/mol. The van der Waals surface area contributed by atoms with E-state index in [0.717, 1.165) is 17.1 Å². The Bertz CT molecular complexity index is 732. The zero-order valence-corrected chi connectivity index (χ0v) is 12.1. The van der Waals surface area contributed by atoms with Gasteiger partial charge in [-0.1, -0.05) is 0 Å². The first-order valence-corrected chi connectivity index (χ1v) is 6.74. The van der Waals surface area contributed by atoms with Crippen molar-refractivity contribution in [1.29, 1.82) is 0 Å². The third-order valence-corrected chi connectivity index (χ3v) is 3.35. The highest BCUT2D eigenvalue weighted by molar-refractivity contribution is 7.80. The van der Waals surface area contributed by atoms with Gasteiger partial charge in [0.05, 0.1) is 7.11 Å². The van der Waals surface area contributed by atoms with Crippen molar-refractivity contribution in [1.82, 2.24) is 15.2 Å². The summed E-state index contributed by atoms with van der Waals surface area (Å²) in [4.78, 5) is 11.7. The lowest BCUT2D eigenvalue weighted by Crippen LogP contribution is -2.21. The first-order valence-electron chi connectivity index (χ1n) is 6.33. The van der Waals surface area contributed by atoms with Crippen LogP contribution in [0.5, 0.6) is 5.75 Å². The molecule has 0 spiro atoms. The fourth-order valence-corrected chi connectivity index (χ4v) is 2.32. The van der Waals surface area contributed by atoms with Crippen molar-refractivity contribution >= 4 is 29.3 Å². The van der Waals surface area contributed by atoms with Crippen molar-refractivity contribution in [3.05, 3.63) is 54.0 Å². The van der Waals surface area contributed by atoms with E-state index in [0.29, 0.717) is 10.8 Å². The Labute approximate surface area is 127 Å². The lowest BCUT2D eigenvalue weighted by Gasteiger charge is -2.08. The van der Waals surface area contributed by atoms with Crippen molar-refractivity contribution in [2.75, 3.05) is 7.11 Å². The number of nitrogens with zero attached hydrogens (tertiary/aromatic N) is 1. The summed E-state index contributed by atoms with van der Waals surface area (Å²) in [5.41, 5.74) is 2.30. The molecule has 0 unspecified atom stereocenters. The van der Waals surface area contributed by atoms with Gasteiger partial charge in [-0.05, 0) is 54.7 Å². The van der Waals surface area contributed by atoms with E-state index in [1.54, 1.807) is 13.2 Å². The van der Waals surface area contributed by atoms with Crippen LogP contribution >= 0.6 is 12.2 Å². The van der Waals surface area contributed by atoms with Gasteiger partial charge in [0.2, 0.25) is 0 Å². The van der Waals surface area contributed by atoms with Gasteiger partial charge in [0, 0.05) is 17.6 Å². The van der Waals surface area contributed by atoms with Gasteiger partial charge in [-0.3, -0.25) is 10.1 Å². The summed E-state index contributed by atoms with van der Waals surface area (Å²) in [5.74, 6) is 0.579. The number of methoxy groups -OCH3 is 1. The van der Waals surface area contributed by atoms with E-state index in [-0.39, 0.29) is 5.91 Å². The summed E-state index contributed by atoms with van der Waals surface area (Å²) < 4.78 is 7.13. The Hall–Kier alpha value is -2.60. The highest BCUT2D eigenvalue weighted by atomic mass is 32.1. The molecule has 5 nitrogen and oxygen atoms in total. The fraction of sp³-hybridized carbons (Fsp3) is 0.0667. The van der Waals surface area contributed by atoms with Crippen LogP contribution < -0.4 is 15.4 Å². The maximum absolute atomic E-state index is 11.7. The summed E-state index contributed by atoms with van der Waals surface area (Å²) in [6.07, 6.45) is 3.69. The average Bonchev–Trinajstić information content (AvgIpc) is 3.06. The lowest BCUT2D eigenvalue weighted by molar-refractivity contribution is -0.115. The normalized spacial score (nSPS) is 16.0. The van der Waals surface area contributed by atoms with E-state index in [1.807, 2.05) is 47.2 Å². The Morgan fingerprint density at radius 1 is 1.19 bits per heavy atom. The second-order valence-electron chi connectivity index (χ2n) is 4.47. The van der Waals surface area contributed by atoms with Crippen LogP contribution in [0.3, 0.4) is 0 Å². The molecule has 1 saturated heterocycles. The van der Waals surface area contributed by atoms with Crippen molar-refractivity contribution < 1.29 is 9.53 Å². The lowest BCUT2D eigenvalue weighted by atomic mass is 10.2. The zero-order chi connectivity index (χ0) is 14.8. The van der Waals surface area contributed by atoms with E-state index in [4.69, 9.17) is 17.0 Å². The molecule has 1 fully saturated rings. The number of aromatic nitrogens is 1. The molecule has 2 heterocycles. The van der Waals surface area contributed by atoms with Crippen LogP contribution in [0, 0.1) is 0 Å². The molecule has 1 aromatic carbocycles. The van der Waals surface area contributed by atoms with Crippen molar-refractivity contribution in [3.63, 3.8) is 0 Å². The summed E-state index contributed by atoms with van der Waals surface area (Å²) in [6.45, 7) is 0.